The van der Waals surface area contributed by atoms with Crippen molar-refractivity contribution >= 4 is 28.3 Å². The summed E-state index contributed by atoms with van der Waals surface area (Å²) in [7, 11) is 0. The summed E-state index contributed by atoms with van der Waals surface area (Å²) in [6, 6.07) is 15.3. The maximum Gasteiger partial charge on any atom is 0.251 e. The van der Waals surface area contributed by atoms with Gasteiger partial charge in [0.2, 0.25) is 5.91 Å². The van der Waals surface area contributed by atoms with E-state index in [0.717, 1.165) is 11.9 Å². The van der Waals surface area contributed by atoms with Crippen LogP contribution in [-0.2, 0) is 10.2 Å². The van der Waals surface area contributed by atoms with E-state index in [9.17, 15) is 9.59 Å². The molecule has 0 saturated carbocycles. The van der Waals surface area contributed by atoms with Crippen molar-refractivity contribution in [2.75, 3.05) is 13.1 Å². The summed E-state index contributed by atoms with van der Waals surface area (Å²) >= 11 is 0. The molecule has 2 aromatic carbocycles. The molecule has 2 heterocycles. The fourth-order valence-corrected chi connectivity index (χ4v) is 4.19. The van der Waals surface area contributed by atoms with Crippen LogP contribution in [0.3, 0.4) is 0 Å². The molecule has 5 heteroatoms. The lowest BCUT2D eigenvalue weighted by Crippen LogP contribution is -2.48. The van der Waals surface area contributed by atoms with Gasteiger partial charge in [-0.1, -0.05) is 57.2 Å². The van der Waals surface area contributed by atoms with Crippen LogP contribution in [0.4, 0.5) is 0 Å². The number of nitrogens with zero attached hydrogens (tertiary/aromatic N) is 1. The first-order valence-corrected chi connectivity index (χ1v) is 11.2. The van der Waals surface area contributed by atoms with Crippen molar-refractivity contribution in [1.29, 1.82) is 0 Å². The van der Waals surface area contributed by atoms with Gasteiger partial charge in [0.25, 0.3) is 5.91 Å². The average molecular weight is 430 g/mol. The van der Waals surface area contributed by atoms with Crippen molar-refractivity contribution in [1.82, 2.24) is 15.2 Å². The quantitative estimate of drug-likeness (QED) is 0.620. The van der Waals surface area contributed by atoms with Crippen LogP contribution in [0.5, 0.6) is 0 Å². The molecule has 3 aromatic rings. The molecule has 5 nitrogen and oxygen atoms in total. The number of carbonyl (C=O) groups excluding carboxylic acids is 2. The summed E-state index contributed by atoms with van der Waals surface area (Å²) < 4.78 is 0. The van der Waals surface area contributed by atoms with E-state index in [0.29, 0.717) is 18.7 Å². The highest BCUT2D eigenvalue weighted by Gasteiger charge is 2.25. The predicted octanol–water partition coefficient (Wildman–Crippen LogP) is 4.90. The number of para-hydroxylation sites is 1. The lowest BCUT2D eigenvalue weighted by Gasteiger charge is -2.29. The fraction of sp³-hybridized carbons (Fsp3) is 0.333. The second kappa shape index (κ2) is 8.65. The average Bonchev–Trinajstić information content (AvgIpc) is 3.22. The second-order valence-electron chi connectivity index (χ2n) is 9.53. The summed E-state index contributed by atoms with van der Waals surface area (Å²) in [5.41, 5.74) is 5.34. The summed E-state index contributed by atoms with van der Waals surface area (Å²) in [6.07, 6.45) is 4.96. The summed E-state index contributed by atoms with van der Waals surface area (Å²) in [5, 5.41) is 4.06. The number of hydrogen-bond donors (Lipinski definition) is 2. The number of benzene rings is 2. The predicted molar refractivity (Wildman–Crippen MR) is 130 cm³/mol. The number of aromatic amines is 1. The van der Waals surface area contributed by atoms with Crippen LogP contribution < -0.4 is 5.32 Å². The Hall–Kier alpha value is -3.34. The van der Waals surface area contributed by atoms with Gasteiger partial charge in [0, 0.05) is 41.3 Å². The standard InChI is InChI=1S/C27H31N3O2/c1-18(29-25(31)20-9-11-21(12-10-20)27(2,3)4)26(32)30-15-13-19(14-16-30)23-17-28-24-8-6-5-7-22(23)24/h5-13,17-18,28H,14-16H2,1-4H3,(H,29,31). The van der Waals surface area contributed by atoms with Crippen LogP contribution in [0.15, 0.2) is 60.8 Å². The topological polar surface area (TPSA) is 65.2 Å². The number of fused-ring (bicyclic) bond motifs is 1. The Labute approximate surface area is 189 Å². The molecule has 0 spiro atoms. The third kappa shape index (κ3) is 4.47. The van der Waals surface area contributed by atoms with Gasteiger partial charge in [0.05, 0.1) is 0 Å². The zero-order valence-electron chi connectivity index (χ0n) is 19.2. The zero-order valence-corrected chi connectivity index (χ0v) is 19.2. The SMILES string of the molecule is CC(NC(=O)c1ccc(C(C)(C)C)cc1)C(=O)N1CC=C(c2c[nH]c3ccccc23)CC1. The molecule has 0 radical (unpaired) electrons. The fourth-order valence-electron chi connectivity index (χ4n) is 4.19. The smallest absolute Gasteiger partial charge is 0.251 e. The molecule has 1 aliphatic heterocycles. The van der Waals surface area contributed by atoms with Crippen LogP contribution in [0, 0.1) is 0 Å². The normalized spacial score (nSPS) is 15.4. The van der Waals surface area contributed by atoms with Gasteiger partial charge in [-0.05, 0) is 48.1 Å². The molecule has 166 valence electrons. The number of rotatable bonds is 4. The minimum atomic E-state index is -0.576. The van der Waals surface area contributed by atoms with Crippen LogP contribution in [0.25, 0.3) is 16.5 Å². The molecule has 1 aromatic heterocycles. The highest BCUT2D eigenvalue weighted by molar-refractivity contribution is 5.98. The number of H-pyrrole nitrogens is 1. The first-order valence-electron chi connectivity index (χ1n) is 11.2. The van der Waals surface area contributed by atoms with Crippen molar-refractivity contribution in [3.63, 3.8) is 0 Å². The molecule has 2 amide bonds. The van der Waals surface area contributed by atoms with Gasteiger partial charge in [-0.3, -0.25) is 9.59 Å². The Morgan fingerprint density at radius 2 is 1.78 bits per heavy atom. The van der Waals surface area contributed by atoms with Gasteiger partial charge in [-0.15, -0.1) is 0 Å². The third-order valence-electron chi connectivity index (χ3n) is 6.19. The zero-order chi connectivity index (χ0) is 22.9. The lowest BCUT2D eigenvalue weighted by molar-refractivity contribution is -0.132. The summed E-state index contributed by atoms with van der Waals surface area (Å²) in [6.45, 7) is 9.36. The van der Waals surface area contributed by atoms with Crippen LogP contribution in [0.2, 0.25) is 0 Å². The van der Waals surface area contributed by atoms with E-state index >= 15 is 0 Å². The summed E-state index contributed by atoms with van der Waals surface area (Å²) in [5.74, 6) is -0.280. The monoisotopic (exact) mass is 429 g/mol. The Bertz CT molecular complexity index is 1170. The second-order valence-corrected chi connectivity index (χ2v) is 9.53. The number of aromatic nitrogens is 1. The molecule has 1 aliphatic rings. The van der Waals surface area contributed by atoms with Gasteiger partial charge in [-0.25, -0.2) is 0 Å². The van der Waals surface area contributed by atoms with Crippen LogP contribution >= 0.6 is 0 Å². The van der Waals surface area contributed by atoms with Crippen molar-refractivity contribution < 1.29 is 9.59 Å². The molecule has 1 unspecified atom stereocenters. The highest BCUT2D eigenvalue weighted by atomic mass is 16.2. The van der Waals surface area contributed by atoms with Gasteiger partial charge >= 0.3 is 0 Å². The molecule has 0 bridgehead atoms. The van der Waals surface area contributed by atoms with E-state index in [2.05, 4.69) is 49.3 Å². The highest BCUT2D eigenvalue weighted by Crippen LogP contribution is 2.29. The van der Waals surface area contributed by atoms with Crippen molar-refractivity contribution in [3.8, 4) is 0 Å². The van der Waals surface area contributed by atoms with Crippen molar-refractivity contribution in [2.45, 2.75) is 45.6 Å². The molecular formula is C27H31N3O2. The minimum absolute atomic E-state index is 0.0333. The maximum absolute atomic E-state index is 12.9. The van der Waals surface area contributed by atoms with Crippen LogP contribution in [0.1, 0.15) is 55.6 Å². The molecule has 2 N–H and O–H groups in total. The van der Waals surface area contributed by atoms with Crippen molar-refractivity contribution in [2.24, 2.45) is 0 Å². The van der Waals surface area contributed by atoms with Gasteiger partial charge in [0.15, 0.2) is 0 Å². The first kappa shape index (κ1) is 21.9. The molecule has 4 rings (SSSR count). The molecule has 1 atom stereocenters. The lowest BCUT2D eigenvalue weighted by atomic mass is 9.86. The van der Waals surface area contributed by atoms with Gasteiger partial charge < -0.3 is 15.2 Å². The van der Waals surface area contributed by atoms with E-state index in [4.69, 9.17) is 0 Å². The van der Waals surface area contributed by atoms with E-state index in [1.165, 1.54) is 22.1 Å². The number of carbonyl (C=O) groups is 2. The molecule has 0 aliphatic carbocycles. The molecule has 32 heavy (non-hydrogen) atoms. The van der Waals surface area contributed by atoms with Crippen molar-refractivity contribution in [3.05, 3.63) is 77.5 Å². The Balaban J connectivity index is 1.38. The molecular weight excluding hydrogens is 398 g/mol. The van der Waals surface area contributed by atoms with E-state index in [1.54, 1.807) is 6.92 Å². The Morgan fingerprint density at radius 1 is 1.06 bits per heavy atom. The van der Waals surface area contributed by atoms with E-state index in [-0.39, 0.29) is 17.2 Å². The molecule has 0 fully saturated rings. The minimum Gasteiger partial charge on any atom is -0.361 e. The maximum atomic E-state index is 12.9. The van der Waals surface area contributed by atoms with E-state index < -0.39 is 6.04 Å². The Morgan fingerprint density at radius 3 is 2.44 bits per heavy atom. The largest absolute Gasteiger partial charge is 0.361 e. The number of nitrogens with one attached hydrogen (secondary N) is 2. The number of amides is 2. The first-order chi connectivity index (χ1) is 15.2. The van der Waals surface area contributed by atoms with E-state index in [1.807, 2.05) is 47.5 Å². The summed E-state index contributed by atoms with van der Waals surface area (Å²) in [4.78, 5) is 30.7. The third-order valence-corrected chi connectivity index (χ3v) is 6.19. The Kier molecular flexibility index (Phi) is 5.92. The number of hydrogen-bond acceptors (Lipinski definition) is 2. The molecule has 0 saturated heterocycles. The van der Waals surface area contributed by atoms with Gasteiger partial charge in [-0.2, -0.15) is 0 Å². The van der Waals surface area contributed by atoms with Gasteiger partial charge in [0.1, 0.15) is 6.04 Å². The van der Waals surface area contributed by atoms with Crippen LogP contribution in [-0.4, -0.2) is 40.8 Å².